The molecule has 5 heterocycles. The minimum atomic E-state index is -4.71. The molecule has 1 saturated heterocycles. The molecule has 2 aliphatic heterocycles. The Morgan fingerprint density at radius 1 is 1.16 bits per heavy atom. The highest BCUT2D eigenvalue weighted by molar-refractivity contribution is 7.85. The van der Waals surface area contributed by atoms with E-state index in [2.05, 4.69) is 25.9 Å². The summed E-state index contributed by atoms with van der Waals surface area (Å²) in [6.45, 7) is 2.06. The zero-order chi connectivity index (χ0) is 25.7. The van der Waals surface area contributed by atoms with Gasteiger partial charge in [-0.15, -0.1) is 11.3 Å². The van der Waals surface area contributed by atoms with E-state index in [-0.39, 0.29) is 44.6 Å². The Hall–Kier alpha value is -2.84. The van der Waals surface area contributed by atoms with Gasteiger partial charge in [0.1, 0.15) is 10.4 Å². The molecule has 3 N–H and O–H groups in total. The van der Waals surface area contributed by atoms with E-state index < -0.39 is 28.4 Å². The van der Waals surface area contributed by atoms with Crippen LogP contribution in [0.5, 0.6) is 0 Å². The molecule has 3 aromatic rings. The molecule has 1 atom stereocenters. The molecule has 1 aliphatic carbocycles. The molecule has 9 nitrogen and oxygen atoms in total. The van der Waals surface area contributed by atoms with Crippen molar-refractivity contribution in [1.82, 2.24) is 30.4 Å². The van der Waals surface area contributed by atoms with Crippen LogP contribution in [0.25, 0.3) is 10.6 Å². The van der Waals surface area contributed by atoms with Gasteiger partial charge in [-0.25, -0.2) is 9.97 Å². The minimum absolute atomic E-state index is 0.00364. The van der Waals surface area contributed by atoms with E-state index in [0.29, 0.717) is 11.6 Å². The van der Waals surface area contributed by atoms with Crippen LogP contribution in [0.15, 0.2) is 23.4 Å². The van der Waals surface area contributed by atoms with Crippen molar-refractivity contribution in [3.05, 3.63) is 34.6 Å². The van der Waals surface area contributed by atoms with Crippen LogP contribution in [-0.2, 0) is 17.0 Å². The summed E-state index contributed by atoms with van der Waals surface area (Å²) in [6, 6.07) is 1.64. The van der Waals surface area contributed by atoms with Gasteiger partial charge in [-0.05, 0) is 44.8 Å². The lowest BCUT2D eigenvalue weighted by Crippen LogP contribution is -2.29. The second-order valence-electron chi connectivity index (χ2n) is 9.35. The lowest BCUT2D eigenvalue weighted by Gasteiger charge is -2.22. The maximum atomic E-state index is 13.9. The number of alkyl halides is 3. The number of anilines is 2. The Labute approximate surface area is 216 Å². The van der Waals surface area contributed by atoms with Crippen LogP contribution in [0.1, 0.15) is 58.6 Å². The quantitative estimate of drug-likeness (QED) is 0.442. The largest absolute Gasteiger partial charge is 0.420 e. The van der Waals surface area contributed by atoms with Gasteiger partial charge < -0.3 is 16.0 Å². The summed E-state index contributed by atoms with van der Waals surface area (Å²) in [6.07, 6.45) is 1.85. The van der Waals surface area contributed by atoms with Crippen LogP contribution in [0.2, 0.25) is 0 Å². The Balaban J connectivity index is 1.38. The fourth-order valence-electron chi connectivity index (χ4n) is 4.64. The average Bonchev–Trinajstić information content (AvgIpc) is 3.51. The predicted molar refractivity (Wildman–Crippen MR) is 133 cm³/mol. The standard InChI is InChI=1S/C23H24F3N7O2S2/c24-23(25,26)14-10-29-22(31-19(14)16-9-17-20(36-16)21(34)28-7-8-37(17)35)30-15-11-33(13-3-5-27-6-4-13)32-18(15)12-1-2-12/h9-13,27H,1-8H2,(H,28,34)(H,29,30,31). The molecule has 196 valence electrons. The van der Waals surface area contributed by atoms with E-state index in [0.717, 1.165) is 62.0 Å². The molecule has 14 heteroatoms. The summed E-state index contributed by atoms with van der Waals surface area (Å²) in [7, 11) is -1.50. The second kappa shape index (κ2) is 9.48. The predicted octanol–water partition coefficient (Wildman–Crippen LogP) is 3.82. The van der Waals surface area contributed by atoms with E-state index in [9.17, 15) is 22.2 Å². The van der Waals surface area contributed by atoms with Crippen molar-refractivity contribution >= 4 is 39.7 Å². The van der Waals surface area contributed by atoms with Gasteiger partial charge in [0.15, 0.2) is 0 Å². The number of rotatable bonds is 5. The van der Waals surface area contributed by atoms with E-state index in [1.165, 1.54) is 6.07 Å². The van der Waals surface area contributed by atoms with Crippen molar-refractivity contribution in [2.75, 3.05) is 30.7 Å². The number of piperidine rings is 1. The summed E-state index contributed by atoms with van der Waals surface area (Å²) in [5, 5.41) is 13.9. The molecule has 1 saturated carbocycles. The molecule has 6 rings (SSSR count). The Morgan fingerprint density at radius 3 is 2.68 bits per heavy atom. The zero-order valence-corrected chi connectivity index (χ0v) is 21.2. The van der Waals surface area contributed by atoms with Gasteiger partial charge in [0, 0.05) is 30.6 Å². The van der Waals surface area contributed by atoms with Crippen LogP contribution < -0.4 is 16.0 Å². The fourth-order valence-corrected chi connectivity index (χ4v) is 7.15. The van der Waals surface area contributed by atoms with E-state index in [4.69, 9.17) is 5.10 Å². The summed E-state index contributed by atoms with van der Waals surface area (Å²) in [4.78, 5) is 21.1. The smallest absolute Gasteiger partial charge is 0.350 e. The van der Waals surface area contributed by atoms with E-state index in [1.807, 2.05) is 10.9 Å². The van der Waals surface area contributed by atoms with Gasteiger partial charge in [0.2, 0.25) is 5.95 Å². The van der Waals surface area contributed by atoms with Crippen molar-refractivity contribution in [2.24, 2.45) is 0 Å². The lowest BCUT2D eigenvalue weighted by atomic mass is 10.1. The molecule has 3 aliphatic rings. The minimum Gasteiger partial charge on any atom is -0.350 e. The third kappa shape index (κ3) is 4.89. The molecular formula is C23H24F3N7O2S2. The number of thiophene rings is 1. The average molecular weight is 552 g/mol. The molecule has 1 amide bonds. The van der Waals surface area contributed by atoms with Gasteiger partial charge in [-0.3, -0.25) is 13.7 Å². The SMILES string of the molecule is O=C1NCCS(=O)c2cc(-c3nc(Nc4cn(C5CCNCC5)nc4C4CC4)ncc3C(F)(F)F)sc21. The summed E-state index contributed by atoms with van der Waals surface area (Å²) < 4.78 is 56.3. The summed E-state index contributed by atoms with van der Waals surface area (Å²) in [5.74, 6) is 0.0602. The third-order valence-electron chi connectivity index (χ3n) is 6.70. The number of hydrogen-bond acceptors (Lipinski definition) is 8. The highest BCUT2D eigenvalue weighted by atomic mass is 32.2. The normalized spacial score (nSPS) is 20.8. The number of nitrogens with one attached hydrogen (secondary N) is 3. The molecule has 1 unspecified atom stereocenters. The first kappa shape index (κ1) is 24.5. The molecule has 0 radical (unpaired) electrons. The summed E-state index contributed by atoms with van der Waals surface area (Å²) in [5.41, 5.74) is 0.188. The fraction of sp³-hybridized carbons (Fsp3) is 0.478. The number of nitrogens with zero attached hydrogens (tertiary/aromatic N) is 4. The van der Waals surface area contributed by atoms with E-state index >= 15 is 0 Å². The lowest BCUT2D eigenvalue weighted by molar-refractivity contribution is -0.137. The molecular weight excluding hydrogens is 527 g/mol. The number of carbonyl (C=O) groups excluding carboxylic acids is 1. The monoisotopic (exact) mass is 551 g/mol. The highest BCUT2D eigenvalue weighted by Gasteiger charge is 2.37. The maximum Gasteiger partial charge on any atom is 0.420 e. The molecule has 37 heavy (non-hydrogen) atoms. The number of halogens is 3. The number of amides is 1. The third-order valence-corrected chi connectivity index (χ3v) is 9.36. The van der Waals surface area contributed by atoms with Crippen molar-refractivity contribution in [1.29, 1.82) is 0 Å². The first-order valence-electron chi connectivity index (χ1n) is 12.1. The van der Waals surface area contributed by atoms with Gasteiger partial charge in [0.25, 0.3) is 5.91 Å². The summed E-state index contributed by atoms with van der Waals surface area (Å²) >= 11 is 0.854. The molecule has 0 bridgehead atoms. The number of aromatic nitrogens is 4. The van der Waals surface area contributed by atoms with E-state index in [1.54, 1.807) is 0 Å². The second-order valence-corrected chi connectivity index (χ2v) is 11.9. The number of hydrogen-bond donors (Lipinski definition) is 3. The number of fused-ring (bicyclic) bond motifs is 1. The molecule has 2 fully saturated rings. The first-order chi connectivity index (χ1) is 17.8. The van der Waals surface area contributed by atoms with Crippen LogP contribution in [0.3, 0.4) is 0 Å². The van der Waals surface area contributed by atoms with Crippen LogP contribution in [0, 0.1) is 0 Å². The molecule has 3 aromatic heterocycles. The number of carbonyl (C=O) groups is 1. The van der Waals surface area contributed by atoms with Crippen LogP contribution in [-0.4, -0.2) is 55.3 Å². The Bertz CT molecular complexity index is 1340. The van der Waals surface area contributed by atoms with Gasteiger partial charge in [-0.1, -0.05) is 0 Å². The van der Waals surface area contributed by atoms with Gasteiger partial charge in [-0.2, -0.15) is 18.3 Å². The van der Waals surface area contributed by atoms with Crippen molar-refractivity contribution in [3.63, 3.8) is 0 Å². The van der Waals surface area contributed by atoms with Crippen LogP contribution in [0.4, 0.5) is 24.8 Å². The topological polar surface area (TPSA) is 114 Å². The molecule has 0 spiro atoms. The Morgan fingerprint density at radius 2 is 1.95 bits per heavy atom. The van der Waals surface area contributed by atoms with Crippen LogP contribution >= 0.6 is 11.3 Å². The van der Waals surface area contributed by atoms with Gasteiger partial charge in [0.05, 0.1) is 43.7 Å². The van der Waals surface area contributed by atoms with Crippen molar-refractivity contribution < 1.29 is 22.2 Å². The zero-order valence-electron chi connectivity index (χ0n) is 19.6. The van der Waals surface area contributed by atoms with Crippen molar-refractivity contribution in [3.8, 4) is 10.6 Å². The molecule has 0 aromatic carbocycles. The Kier molecular flexibility index (Phi) is 6.27. The van der Waals surface area contributed by atoms with Gasteiger partial charge >= 0.3 is 6.18 Å². The maximum absolute atomic E-state index is 13.9. The van der Waals surface area contributed by atoms with Crippen molar-refractivity contribution in [2.45, 2.75) is 48.7 Å². The first-order valence-corrected chi connectivity index (χ1v) is 14.2. The highest BCUT2D eigenvalue weighted by Crippen LogP contribution is 2.44.